The molecular formula is H34Si17. The molecular weight excluding hydrogens is 477 g/mol. The van der Waals surface area contributed by atoms with Crippen LogP contribution in [0.3, 0.4) is 0 Å². The van der Waals surface area contributed by atoms with Crippen molar-refractivity contribution in [3.8, 4) is 0 Å². The van der Waals surface area contributed by atoms with Gasteiger partial charge in [-0.05, 0) is 145 Å². The Morgan fingerprint density at radius 1 is 0.412 bits per heavy atom. The Labute approximate surface area is 144 Å². The minimum Gasteiger partial charge on any atom is -0.0115 e. The van der Waals surface area contributed by atoms with E-state index in [1.54, 1.807) is 9.76 Å². The van der Waals surface area contributed by atoms with Gasteiger partial charge in [-0.25, -0.2) is 0 Å². The van der Waals surface area contributed by atoms with E-state index in [1.165, 1.54) is 0 Å². The zero-order valence-electron chi connectivity index (χ0n) is 12.2. The summed E-state index contributed by atoms with van der Waals surface area (Å²) in [6.45, 7) is 0. The van der Waals surface area contributed by atoms with E-state index in [2.05, 4.69) is 0 Å². The molecule has 3 fully saturated rings. The molecule has 0 unspecified atom stereocenters. The van der Waals surface area contributed by atoms with Crippen molar-refractivity contribution in [2.45, 2.75) is 0 Å². The van der Waals surface area contributed by atoms with Gasteiger partial charge in [0.05, 0.1) is 0 Å². The third kappa shape index (κ3) is 13.1. The number of hydrogen-bond donors (Lipinski definition) is 0. The van der Waals surface area contributed by atoms with Crippen molar-refractivity contribution in [3.05, 3.63) is 0 Å². The third-order valence-corrected chi connectivity index (χ3v) is 356. The molecule has 3 aliphatic rings. The topological polar surface area (TPSA) is 0 Å². The smallest absolute Gasteiger partial charge is 0.00747 e. The molecule has 0 aromatic rings. The first-order valence-corrected chi connectivity index (χ1v) is 75.5. The summed E-state index contributed by atoms with van der Waals surface area (Å²) in [4.78, 5) is 0. The maximum atomic E-state index is 1.78. The fourth-order valence-corrected chi connectivity index (χ4v) is 747. The molecule has 0 radical (unpaired) electrons. The van der Waals surface area contributed by atoms with Gasteiger partial charge in [-0.2, -0.15) is 0 Å². The first-order chi connectivity index (χ1) is 8.39. The molecule has 3 saturated heterocycles. The lowest BCUT2D eigenvalue weighted by molar-refractivity contribution is 3.76. The molecule has 3 rings (SSSR count). The Hall–Kier alpha value is 3.69. The van der Waals surface area contributed by atoms with Gasteiger partial charge >= 0.3 is 0 Å². The largest absolute Gasteiger partial charge is 0.0115 e. The molecule has 0 spiro atoms. The predicted molar refractivity (Wildman–Crippen MR) is 145 cm³/mol. The minimum atomic E-state index is 0.491. The van der Waals surface area contributed by atoms with E-state index < -0.39 is 0 Å². The predicted octanol–water partition coefficient (Wildman–Crippen LogP) is -15.6. The van der Waals surface area contributed by atoms with Gasteiger partial charge in [-0.15, -0.1) is 0 Å². The van der Waals surface area contributed by atoms with E-state index in [0.717, 1.165) is 128 Å². The van der Waals surface area contributed by atoms with Crippen LogP contribution >= 0.6 is 0 Å². The van der Waals surface area contributed by atoms with Crippen molar-refractivity contribution >= 4 is 145 Å². The standard InChI is InChI=1S/2H12Si6.H10Si5/c1-6-4-2-3-5-6;1-2-4-6-5-3-1;1-2-4-5-3-1/h6H,2-5H2,1H3;1-6H2;1-5H2. The van der Waals surface area contributed by atoms with Crippen LogP contribution in [-0.4, -0.2) is 145 Å². The van der Waals surface area contributed by atoms with E-state index in [-0.39, 0.29) is 0 Å². The van der Waals surface area contributed by atoms with E-state index in [0.29, 0.717) is 7.35 Å². The van der Waals surface area contributed by atoms with Gasteiger partial charge < -0.3 is 0 Å². The van der Waals surface area contributed by atoms with Gasteiger partial charge in [-0.1, -0.05) is 0 Å². The van der Waals surface area contributed by atoms with Crippen LogP contribution in [0.4, 0.5) is 0 Å². The van der Waals surface area contributed by atoms with Crippen LogP contribution in [0.1, 0.15) is 0 Å². The van der Waals surface area contributed by atoms with Gasteiger partial charge in [0.1, 0.15) is 0 Å². The molecule has 17 heteroatoms. The van der Waals surface area contributed by atoms with Gasteiger partial charge in [0.15, 0.2) is 0 Å². The molecule has 0 amide bonds. The SMILES string of the molecule is [SiH2]1[SiH2][SiH2][SiH2][SiH2]1.[SiH2]1[SiH2][SiH2][SiH2][SiH2][SiH2]1.[SiH3][SiH]1[SiH2][SiH2][SiH2][SiH2]1. The molecule has 0 N–H and O–H groups in total. The van der Waals surface area contributed by atoms with E-state index in [4.69, 9.17) is 0 Å². The lowest BCUT2D eigenvalue weighted by atomic mass is 26.1. The van der Waals surface area contributed by atoms with Crippen LogP contribution in [0, 0.1) is 0 Å². The molecule has 17 heavy (non-hydrogen) atoms. The van der Waals surface area contributed by atoms with Crippen molar-refractivity contribution in [1.82, 2.24) is 0 Å². The second kappa shape index (κ2) is 14.6. The second-order valence-corrected chi connectivity index (χ2v) is 170. The summed E-state index contributed by atoms with van der Waals surface area (Å²) in [6.07, 6.45) is 0. The Kier molecular flexibility index (Phi) is 16.1. The number of rotatable bonds is 0. The van der Waals surface area contributed by atoms with Crippen LogP contribution < -0.4 is 0 Å². The average molecular weight is 512 g/mol. The molecule has 0 atom stereocenters. The minimum absolute atomic E-state index is 0.491. The lowest BCUT2D eigenvalue weighted by Gasteiger charge is -2.01. The van der Waals surface area contributed by atoms with Gasteiger partial charge in [0.2, 0.25) is 0 Å². The highest BCUT2D eigenvalue weighted by molar-refractivity contribution is 7.87. The Morgan fingerprint density at radius 2 is 0.647 bits per heavy atom. The molecule has 0 nitrogen and oxygen atoms in total. The maximum absolute atomic E-state index is 1.78. The summed E-state index contributed by atoms with van der Waals surface area (Å²) in [5, 5.41) is 0. The molecule has 3 aliphatic heterocycles. The fourth-order valence-electron chi connectivity index (χ4n) is 3.07. The monoisotopic (exact) mass is 510 g/mol. The lowest BCUT2D eigenvalue weighted by Crippen LogP contribution is -2.38. The van der Waals surface area contributed by atoms with Crippen molar-refractivity contribution < 1.29 is 0 Å². The van der Waals surface area contributed by atoms with E-state index >= 15 is 0 Å². The molecule has 3 heterocycles. The first kappa shape index (κ1) is 18.7. The zero-order valence-corrected chi connectivity index (χ0v) is 36.6. The van der Waals surface area contributed by atoms with Crippen LogP contribution in [-0.2, 0) is 0 Å². The first-order valence-electron chi connectivity index (χ1n) is 8.39. The molecule has 0 aromatic heterocycles. The molecule has 0 saturated carbocycles. The maximum Gasteiger partial charge on any atom is -0.00747 e. The highest BCUT2D eigenvalue weighted by Gasteiger charge is 2.11. The highest BCUT2D eigenvalue weighted by atomic mass is 30.2. The third-order valence-electron chi connectivity index (χ3n) is 4.39. The van der Waals surface area contributed by atoms with E-state index in [9.17, 15) is 0 Å². The van der Waals surface area contributed by atoms with Crippen LogP contribution in [0.5, 0.6) is 0 Å². The molecule has 0 aromatic carbocycles. The second-order valence-electron chi connectivity index (χ2n) is 6.28. The molecule has 102 valence electrons. The summed E-state index contributed by atoms with van der Waals surface area (Å²) in [5.74, 6) is 0. The molecule has 0 bridgehead atoms. The van der Waals surface area contributed by atoms with Crippen molar-refractivity contribution in [3.63, 3.8) is 0 Å². The fraction of sp³-hybridized carbons (Fsp3) is 0. The zero-order chi connectivity index (χ0) is 12.2. The highest BCUT2D eigenvalue weighted by Crippen LogP contribution is 1.74. The van der Waals surface area contributed by atoms with Crippen molar-refractivity contribution in [1.29, 1.82) is 0 Å². The summed E-state index contributed by atoms with van der Waals surface area (Å²) in [6, 6.07) is 0. The summed E-state index contributed by atoms with van der Waals surface area (Å²) in [7, 11) is 16.4. The van der Waals surface area contributed by atoms with Gasteiger partial charge in [-0.3, -0.25) is 0 Å². The van der Waals surface area contributed by atoms with Crippen LogP contribution in [0.2, 0.25) is 0 Å². The van der Waals surface area contributed by atoms with Crippen molar-refractivity contribution in [2.24, 2.45) is 0 Å². The summed E-state index contributed by atoms with van der Waals surface area (Å²) >= 11 is 0. The quantitative estimate of drug-likeness (QED) is 0.284. The van der Waals surface area contributed by atoms with Crippen molar-refractivity contribution in [2.75, 3.05) is 0 Å². The summed E-state index contributed by atoms with van der Waals surface area (Å²) < 4.78 is 0. The average Bonchev–Trinajstić information content (AvgIpc) is 3.07. The Bertz CT molecular complexity index is 117. The van der Waals surface area contributed by atoms with Gasteiger partial charge in [0.25, 0.3) is 0 Å². The van der Waals surface area contributed by atoms with Gasteiger partial charge in [0, 0.05) is 0 Å². The van der Waals surface area contributed by atoms with Crippen LogP contribution in [0.15, 0.2) is 0 Å². The molecule has 0 aliphatic carbocycles. The Balaban J connectivity index is 0.000000128. The summed E-state index contributed by atoms with van der Waals surface area (Å²) in [5.41, 5.74) is 0. The van der Waals surface area contributed by atoms with E-state index in [1.807, 2.05) is 0 Å². The normalized spacial score (nSPS) is 49.1. The van der Waals surface area contributed by atoms with Crippen LogP contribution in [0.25, 0.3) is 0 Å². The number of hydrogen-bond acceptors (Lipinski definition) is 0. The Morgan fingerprint density at radius 3 is 0.765 bits per heavy atom.